The van der Waals surface area contributed by atoms with Crippen LogP contribution < -0.4 is 5.73 Å². The lowest BCUT2D eigenvalue weighted by atomic mass is 9.96. The molecule has 1 atom stereocenters. The summed E-state index contributed by atoms with van der Waals surface area (Å²) in [4.78, 5) is 0. The zero-order chi connectivity index (χ0) is 9.97. The fraction of sp³-hybridized carbons (Fsp3) is 0.700. The van der Waals surface area contributed by atoms with Crippen molar-refractivity contribution in [2.45, 2.75) is 31.7 Å². The number of ether oxygens (including phenoxy) is 1. The fourth-order valence-electron chi connectivity index (χ4n) is 1.70. The molecule has 0 bridgehead atoms. The second kappa shape index (κ2) is 4.11. The highest BCUT2D eigenvalue weighted by Crippen LogP contribution is 2.27. The first-order valence-corrected chi connectivity index (χ1v) is 5.07. The van der Waals surface area contributed by atoms with Gasteiger partial charge in [0.25, 0.3) is 0 Å². The van der Waals surface area contributed by atoms with Crippen molar-refractivity contribution in [2.24, 2.45) is 5.73 Å². The zero-order valence-electron chi connectivity index (χ0n) is 8.40. The van der Waals surface area contributed by atoms with E-state index in [2.05, 4.69) is 5.16 Å². The van der Waals surface area contributed by atoms with E-state index < -0.39 is 0 Å². The average molecular weight is 196 g/mol. The van der Waals surface area contributed by atoms with Gasteiger partial charge in [-0.2, -0.15) is 0 Å². The fourth-order valence-corrected chi connectivity index (χ4v) is 1.70. The summed E-state index contributed by atoms with van der Waals surface area (Å²) in [6, 6.07) is 1.90. The Bertz CT molecular complexity index is 290. The van der Waals surface area contributed by atoms with E-state index in [1.807, 2.05) is 13.0 Å². The van der Waals surface area contributed by atoms with Gasteiger partial charge in [-0.15, -0.1) is 0 Å². The lowest BCUT2D eigenvalue weighted by molar-refractivity contribution is 0.0838. The molecule has 4 nitrogen and oxygen atoms in total. The van der Waals surface area contributed by atoms with Crippen LogP contribution in [-0.2, 0) is 4.74 Å². The summed E-state index contributed by atoms with van der Waals surface area (Å²) in [5.41, 5.74) is 6.73. The predicted molar refractivity (Wildman–Crippen MR) is 51.9 cm³/mol. The lowest BCUT2D eigenvalue weighted by Crippen LogP contribution is -2.14. The Morgan fingerprint density at radius 2 is 2.21 bits per heavy atom. The highest BCUT2D eigenvalue weighted by atomic mass is 16.5. The topological polar surface area (TPSA) is 61.3 Å². The monoisotopic (exact) mass is 196 g/mol. The maximum atomic E-state index is 5.70. The normalized spacial score (nSPS) is 21.0. The Morgan fingerprint density at radius 1 is 1.50 bits per heavy atom. The number of hydrogen-bond acceptors (Lipinski definition) is 4. The molecule has 78 valence electrons. The van der Waals surface area contributed by atoms with Crippen LogP contribution in [0.3, 0.4) is 0 Å². The number of hydrogen-bond donors (Lipinski definition) is 1. The number of aromatic nitrogens is 1. The van der Waals surface area contributed by atoms with Crippen LogP contribution >= 0.6 is 0 Å². The van der Waals surface area contributed by atoms with Gasteiger partial charge in [0.2, 0.25) is 0 Å². The summed E-state index contributed by atoms with van der Waals surface area (Å²) in [6.07, 6.45) is 2.07. The molecular weight excluding hydrogens is 180 g/mol. The Balaban J connectivity index is 2.07. The highest BCUT2D eigenvalue weighted by Gasteiger charge is 2.20. The minimum absolute atomic E-state index is 0.0731. The van der Waals surface area contributed by atoms with Gasteiger partial charge in [0.15, 0.2) is 5.76 Å². The van der Waals surface area contributed by atoms with Crippen molar-refractivity contribution in [2.75, 3.05) is 13.2 Å². The van der Waals surface area contributed by atoms with E-state index in [-0.39, 0.29) is 6.04 Å². The van der Waals surface area contributed by atoms with Crippen molar-refractivity contribution in [3.05, 3.63) is 17.5 Å². The van der Waals surface area contributed by atoms with Crippen LogP contribution in [0.25, 0.3) is 0 Å². The molecule has 0 radical (unpaired) electrons. The van der Waals surface area contributed by atoms with Crippen molar-refractivity contribution in [3.8, 4) is 0 Å². The van der Waals surface area contributed by atoms with E-state index in [0.717, 1.165) is 37.5 Å². The standard InChI is InChI=1S/C10H16N2O2/c1-7(11)10-6-9(12-14-10)8-2-4-13-5-3-8/h6-8H,2-5,11H2,1H3. The molecule has 2 heterocycles. The zero-order valence-corrected chi connectivity index (χ0v) is 8.40. The molecule has 0 spiro atoms. The first kappa shape index (κ1) is 9.68. The average Bonchev–Trinajstić information content (AvgIpc) is 2.68. The molecule has 1 fully saturated rings. The number of rotatable bonds is 2. The molecule has 1 aliphatic heterocycles. The summed E-state index contributed by atoms with van der Waals surface area (Å²) in [5, 5.41) is 4.05. The minimum Gasteiger partial charge on any atom is -0.381 e. The van der Waals surface area contributed by atoms with E-state index in [0.29, 0.717) is 5.92 Å². The molecule has 1 saturated heterocycles. The van der Waals surface area contributed by atoms with Gasteiger partial charge in [0, 0.05) is 25.2 Å². The Kier molecular flexibility index (Phi) is 2.84. The predicted octanol–water partition coefficient (Wildman–Crippen LogP) is 1.59. The van der Waals surface area contributed by atoms with Crippen LogP contribution in [0.2, 0.25) is 0 Å². The van der Waals surface area contributed by atoms with Crippen molar-refractivity contribution in [3.63, 3.8) is 0 Å². The molecule has 14 heavy (non-hydrogen) atoms. The van der Waals surface area contributed by atoms with E-state index in [1.165, 1.54) is 0 Å². The lowest BCUT2D eigenvalue weighted by Gasteiger charge is -2.19. The van der Waals surface area contributed by atoms with Gasteiger partial charge in [-0.3, -0.25) is 0 Å². The van der Waals surface area contributed by atoms with Gasteiger partial charge >= 0.3 is 0 Å². The summed E-state index contributed by atoms with van der Waals surface area (Å²) < 4.78 is 10.5. The number of nitrogens with two attached hydrogens (primary N) is 1. The minimum atomic E-state index is -0.0731. The van der Waals surface area contributed by atoms with Crippen LogP contribution in [0.15, 0.2) is 10.6 Å². The van der Waals surface area contributed by atoms with E-state index in [9.17, 15) is 0 Å². The van der Waals surface area contributed by atoms with Crippen LogP contribution in [-0.4, -0.2) is 18.4 Å². The molecule has 1 unspecified atom stereocenters. The first-order valence-electron chi connectivity index (χ1n) is 5.07. The summed E-state index contributed by atoms with van der Waals surface area (Å²) >= 11 is 0. The highest BCUT2D eigenvalue weighted by molar-refractivity contribution is 5.13. The SMILES string of the molecule is CC(N)c1cc(C2CCOCC2)no1. The molecule has 1 aromatic heterocycles. The molecular formula is C10H16N2O2. The second-order valence-electron chi connectivity index (χ2n) is 3.83. The third-order valence-corrected chi connectivity index (χ3v) is 2.63. The molecule has 2 N–H and O–H groups in total. The van der Waals surface area contributed by atoms with E-state index in [1.54, 1.807) is 0 Å². The smallest absolute Gasteiger partial charge is 0.153 e. The quantitative estimate of drug-likeness (QED) is 0.780. The first-order chi connectivity index (χ1) is 6.77. The van der Waals surface area contributed by atoms with Gasteiger partial charge in [0.05, 0.1) is 11.7 Å². The van der Waals surface area contributed by atoms with Crippen LogP contribution in [0.4, 0.5) is 0 Å². The van der Waals surface area contributed by atoms with Crippen LogP contribution in [0.5, 0.6) is 0 Å². The van der Waals surface area contributed by atoms with Crippen molar-refractivity contribution in [1.29, 1.82) is 0 Å². The Labute approximate surface area is 83.4 Å². The molecule has 1 aliphatic rings. The molecule has 0 aliphatic carbocycles. The van der Waals surface area contributed by atoms with Crippen LogP contribution in [0.1, 0.15) is 43.2 Å². The molecule has 4 heteroatoms. The molecule has 1 aromatic rings. The van der Waals surface area contributed by atoms with Gasteiger partial charge in [-0.25, -0.2) is 0 Å². The van der Waals surface area contributed by atoms with Crippen LogP contribution in [0, 0.1) is 0 Å². The molecule has 0 aromatic carbocycles. The third-order valence-electron chi connectivity index (χ3n) is 2.63. The maximum Gasteiger partial charge on any atom is 0.153 e. The summed E-state index contributed by atoms with van der Waals surface area (Å²) in [6.45, 7) is 3.55. The summed E-state index contributed by atoms with van der Waals surface area (Å²) in [7, 11) is 0. The largest absolute Gasteiger partial charge is 0.381 e. The van der Waals surface area contributed by atoms with Gasteiger partial charge in [-0.1, -0.05) is 5.16 Å². The Morgan fingerprint density at radius 3 is 2.79 bits per heavy atom. The van der Waals surface area contributed by atoms with E-state index in [4.69, 9.17) is 15.0 Å². The van der Waals surface area contributed by atoms with E-state index >= 15 is 0 Å². The van der Waals surface area contributed by atoms with Crippen molar-refractivity contribution < 1.29 is 9.26 Å². The second-order valence-corrected chi connectivity index (χ2v) is 3.83. The van der Waals surface area contributed by atoms with Gasteiger partial charge in [0.1, 0.15) is 0 Å². The maximum absolute atomic E-state index is 5.70. The molecule has 2 rings (SSSR count). The summed E-state index contributed by atoms with van der Waals surface area (Å²) in [5.74, 6) is 1.26. The van der Waals surface area contributed by atoms with Gasteiger partial charge in [-0.05, 0) is 19.8 Å². The van der Waals surface area contributed by atoms with Crippen molar-refractivity contribution >= 4 is 0 Å². The molecule has 0 saturated carbocycles. The van der Waals surface area contributed by atoms with Gasteiger partial charge < -0.3 is 15.0 Å². The number of nitrogens with zero attached hydrogens (tertiary/aromatic N) is 1. The molecule has 0 amide bonds. The third kappa shape index (κ3) is 1.96. The Hall–Kier alpha value is -0.870. The van der Waals surface area contributed by atoms with Crippen molar-refractivity contribution in [1.82, 2.24) is 5.16 Å².